The Balaban J connectivity index is 0.00000116. The van der Waals surface area contributed by atoms with Crippen molar-refractivity contribution in [2.45, 2.75) is 11.7 Å². The lowest BCUT2D eigenvalue weighted by molar-refractivity contribution is -0.0654. The number of halogens is 2. The average molecular weight is 461 g/mol. The van der Waals surface area contributed by atoms with E-state index < -0.39 is 0 Å². The number of nitrogens with one attached hydrogen (secondary N) is 1. The van der Waals surface area contributed by atoms with Gasteiger partial charge in [0.05, 0.1) is 18.2 Å². The Hall–Kier alpha value is -1.96. The fraction of sp³-hybridized carbons (Fsp3) is 0.391. The van der Waals surface area contributed by atoms with E-state index in [0.29, 0.717) is 5.92 Å². The molecule has 4 heterocycles. The summed E-state index contributed by atoms with van der Waals surface area (Å²) >= 11 is 0. The third-order valence-corrected chi connectivity index (χ3v) is 6.83. The van der Waals surface area contributed by atoms with Gasteiger partial charge in [-0.1, -0.05) is 42.5 Å². The van der Waals surface area contributed by atoms with Gasteiger partial charge in [0.2, 0.25) is 0 Å². The van der Waals surface area contributed by atoms with Crippen molar-refractivity contribution in [2.75, 3.05) is 37.7 Å². The zero-order chi connectivity index (χ0) is 19.4. The fourth-order valence-electron chi connectivity index (χ4n) is 5.48. The number of rotatable bonds is 3. The minimum absolute atomic E-state index is 0. The summed E-state index contributed by atoms with van der Waals surface area (Å²) in [5.74, 6) is 2.19. The van der Waals surface area contributed by atoms with Crippen LogP contribution in [0.25, 0.3) is 22.3 Å². The third-order valence-electron chi connectivity index (χ3n) is 6.83. The highest BCUT2D eigenvalue weighted by Gasteiger charge is 2.61. The Morgan fingerprint density at radius 2 is 1.84 bits per heavy atom. The van der Waals surface area contributed by atoms with Crippen LogP contribution in [0.1, 0.15) is 0 Å². The van der Waals surface area contributed by atoms with Crippen molar-refractivity contribution in [1.82, 2.24) is 15.3 Å². The normalized spacial score (nSPS) is 28.7. The van der Waals surface area contributed by atoms with Gasteiger partial charge in [-0.05, 0) is 12.1 Å². The van der Waals surface area contributed by atoms with E-state index in [9.17, 15) is 5.11 Å². The van der Waals surface area contributed by atoms with Crippen LogP contribution >= 0.6 is 24.8 Å². The van der Waals surface area contributed by atoms with Crippen LogP contribution in [0, 0.1) is 11.8 Å². The lowest BCUT2D eigenvalue weighted by atomic mass is 9.83. The SMILES string of the molecule is Cl.Cl.OC[C@H]1[C@H]2CN(c3nc(-c4ccccc4)nc4ccccc34)C[C@]23CNC[C@H]1O3. The van der Waals surface area contributed by atoms with Crippen molar-refractivity contribution in [3.05, 3.63) is 54.6 Å². The predicted octanol–water partition coefficient (Wildman–Crippen LogP) is 2.93. The van der Waals surface area contributed by atoms with Crippen LogP contribution in [0.3, 0.4) is 0 Å². The zero-order valence-corrected chi connectivity index (χ0v) is 18.6. The van der Waals surface area contributed by atoms with Crippen LogP contribution in [0.2, 0.25) is 0 Å². The molecule has 0 amide bonds. The summed E-state index contributed by atoms with van der Waals surface area (Å²) in [6.07, 6.45) is 0.114. The number of para-hydroxylation sites is 1. The summed E-state index contributed by atoms with van der Waals surface area (Å²) in [5.41, 5.74) is 1.72. The second-order valence-corrected chi connectivity index (χ2v) is 8.44. The smallest absolute Gasteiger partial charge is 0.162 e. The van der Waals surface area contributed by atoms with E-state index >= 15 is 0 Å². The summed E-state index contributed by atoms with van der Waals surface area (Å²) in [7, 11) is 0. The molecular formula is C23H26Cl2N4O2. The number of aliphatic hydroxyl groups excluding tert-OH is 1. The van der Waals surface area contributed by atoms with Gasteiger partial charge in [-0.25, -0.2) is 9.97 Å². The molecule has 164 valence electrons. The molecule has 6 nitrogen and oxygen atoms in total. The third kappa shape index (κ3) is 3.47. The fourth-order valence-corrected chi connectivity index (χ4v) is 5.48. The van der Waals surface area contributed by atoms with Crippen LogP contribution in [-0.4, -0.2) is 59.6 Å². The van der Waals surface area contributed by atoms with E-state index in [1.54, 1.807) is 0 Å². The number of nitrogens with zero attached hydrogens (tertiary/aromatic N) is 3. The molecule has 3 fully saturated rings. The Morgan fingerprint density at radius 3 is 2.65 bits per heavy atom. The molecule has 0 saturated carbocycles. The van der Waals surface area contributed by atoms with Crippen LogP contribution in [0.5, 0.6) is 0 Å². The first-order valence-corrected chi connectivity index (χ1v) is 10.3. The number of ether oxygens (including phenoxy) is 1. The van der Waals surface area contributed by atoms with E-state index in [-0.39, 0.29) is 49.0 Å². The molecule has 3 aliphatic heterocycles. The second-order valence-electron chi connectivity index (χ2n) is 8.44. The zero-order valence-electron chi connectivity index (χ0n) is 17.0. The van der Waals surface area contributed by atoms with Gasteiger partial charge in [0.15, 0.2) is 5.82 Å². The predicted molar refractivity (Wildman–Crippen MR) is 126 cm³/mol. The molecule has 0 radical (unpaired) electrons. The number of hydrogen-bond donors (Lipinski definition) is 2. The first kappa shape index (κ1) is 22.2. The lowest BCUT2D eigenvalue weighted by Gasteiger charge is -2.34. The Kier molecular flexibility index (Phi) is 6.12. The summed E-state index contributed by atoms with van der Waals surface area (Å²) in [4.78, 5) is 12.2. The van der Waals surface area contributed by atoms with Gasteiger partial charge >= 0.3 is 0 Å². The molecule has 2 bridgehead atoms. The van der Waals surface area contributed by atoms with Crippen LogP contribution in [0.4, 0.5) is 5.82 Å². The highest BCUT2D eigenvalue weighted by molar-refractivity contribution is 5.91. The number of hydrogen-bond acceptors (Lipinski definition) is 6. The molecule has 6 rings (SSSR count). The van der Waals surface area contributed by atoms with Gasteiger partial charge in [0.1, 0.15) is 11.4 Å². The number of fused-ring (bicyclic) bond motifs is 2. The molecule has 0 aliphatic carbocycles. The molecule has 31 heavy (non-hydrogen) atoms. The maximum absolute atomic E-state index is 10.0. The lowest BCUT2D eigenvalue weighted by Crippen LogP contribution is -2.52. The van der Waals surface area contributed by atoms with Crippen LogP contribution < -0.4 is 10.2 Å². The molecular weight excluding hydrogens is 435 g/mol. The van der Waals surface area contributed by atoms with Gasteiger partial charge in [-0.3, -0.25) is 0 Å². The molecule has 1 aromatic heterocycles. The first-order valence-electron chi connectivity index (χ1n) is 10.3. The number of morpholine rings is 1. The number of aromatic nitrogens is 2. The molecule has 3 saturated heterocycles. The number of anilines is 1. The molecule has 3 aliphatic rings. The van der Waals surface area contributed by atoms with E-state index in [1.165, 1.54) is 0 Å². The van der Waals surface area contributed by atoms with Gasteiger partial charge < -0.3 is 20.1 Å². The van der Waals surface area contributed by atoms with Crippen molar-refractivity contribution in [3.8, 4) is 11.4 Å². The average Bonchev–Trinajstić information content (AvgIpc) is 3.21. The molecule has 3 aromatic rings. The van der Waals surface area contributed by atoms with Gasteiger partial charge in [-0.2, -0.15) is 0 Å². The molecule has 8 heteroatoms. The van der Waals surface area contributed by atoms with Crippen molar-refractivity contribution >= 4 is 41.5 Å². The maximum Gasteiger partial charge on any atom is 0.162 e. The van der Waals surface area contributed by atoms with Crippen LogP contribution in [0.15, 0.2) is 54.6 Å². The standard InChI is InChI=1S/C23H24N4O2.2ClH/c28-12-17-18-11-27(14-23(18)13-24-10-20(17)29-23)22-16-8-4-5-9-19(16)25-21(26-22)15-6-2-1-3-7-15;;/h1-9,17-18,20,24,28H,10-14H2;2*1H/t17-,18+,20+,23+;;/m0../s1. The molecule has 1 spiro atoms. The Labute approximate surface area is 193 Å². The maximum atomic E-state index is 10.0. The largest absolute Gasteiger partial charge is 0.396 e. The van der Waals surface area contributed by atoms with Crippen LogP contribution in [-0.2, 0) is 4.74 Å². The van der Waals surface area contributed by atoms with Crippen molar-refractivity contribution < 1.29 is 9.84 Å². The molecule has 2 aromatic carbocycles. The number of aliphatic hydroxyl groups is 1. The van der Waals surface area contributed by atoms with Crippen molar-refractivity contribution in [1.29, 1.82) is 0 Å². The Morgan fingerprint density at radius 1 is 1.06 bits per heavy atom. The Bertz CT molecular complexity index is 1070. The summed E-state index contributed by atoms with van der Waals surface area (Å²) in [6.45, 7) is 3.46. The topological polar surface area (TPSA) is 70.5 Å². The monoisotopic (exact) mass is 460 g/mol. The second kappa shape index (κ2) is 8.52. The molecule has 2 N–H and O–H groups in total. The highest BCUT2D eigenvalue weighted by Crippen LogP contribution is 2.48. The van der Waals surface area contributed by atoms with E-state index in [0.717, 1.165) is 54.3 Å². The van der Waals surface area contributed by atoms with Crippen molar-refractivity contribution in [3.63, 3.8) is 0 Å². The van der Waals surface area contributed by atoms with Gasteiger partial charge in [0, 0.05) is 49.0 Å². The summed E-state index contributed by atoms with van der Waals surface area (Å²) < 4.78 is 6.48. The molecule has 4 atom stereocenters. The van der Waals surface area contributed by atoms with E-state index in [1.807, 2.05) is 48.5 Å². The minimum Gasteiger partial charge on any atom is -0.396 e. The van der Waals surface area contributed by atoms with Crippen molar-refractivity contribution in [2.24, 2.45) is 11.8 Å². The quantitative estimate of drug-likeness (QED) is 0.625. The first-order chi connectivity index (χ1) is 14.3. The molecule has 0 unspecified atom stereocenters. The highest BCUT2D eigenvalue weighted by atomic mass is 35.5. The van der Waals surface area contributed by atoms with E-state index in [4.69, 9.17) is 14.7 Å². The number of benzene rings is 2. The van der Waals surface area contributed by atoms with Gasteiger partial charge in [-0.15, -0.1) is 24.8 Å². The van der Waals surface area contributed by atoms with Gasteiger partial charge in [0.25, 0.3) is 0 Å². The minimum atomic E-state index is -0.241. The van der Waals surface area contributed by atoms with E-state index in [2.05, 4.69) is 16.3 Å². The summed E-state index contributed by atoms with van der Waals surface area (Å²) in [5, 5.41) is 14.6. The summed E-state index contributed by atoms with van der Waals surface area (Å²) in [6, 6.07) is 18.3.